The van der Waals surface area contributed by atoms with E-state index < -0.39 is 0 Å². The molecule has 0 N–H and O–H groups in total. The fourth-order valence-electron chi connectivity index (χ4n) is 4.19. The summed E-state index contributed by atoms with van der Waals surface area (Å²) in [6.07, 6.45) is 0. The molecule has 2 heterocycles. The van der Waals surface area contributed by atoms with Crippen molar-refractivity contribution < 1.29 is 4.42 Å². The van der Waals surface area contributed by atoms with Crippen LogP contribution < -0.4 is 5.46 Å². The summed E-state index contributed by atoms with van der Waals surface area (Å²) in [6, 6.07) is 28.1. The molecule has 0 fully saturated rings. The largest absolute Gasteiger partial charge is 0.456 e. The van der Waals surface area contributed by atoms with Crippen LogP contribution in [-0.4, -0.2) is 7.85 Å². The van der Waals surface area contributed by atoms with Gasteiger partial charge >= 0.3 is 0 Å². The van der Waals surface area contributed by atoms with E-state index in [0.29, 0.717) is 0 Å². The van der Waals surface area contributed by atoms with Gasteiger partial charge in [0.25, 0.3) is 0 Å². The molecule has 0 aliphatic carbocycles. The van der Waals surface area contributed by atoms with Crippen LogP contribution in [-0.2, 0) is 0 Å². The van der Waals surface area contributed by atoms with Gasteiger partial charge in [-0.25, -0.2) is 0 Å². The molecule has 0 aliphatic rings. The number of furan rings is 1. The average molecular weight is 362 g/mol. The molecule has 0 aliphatic heterocycles. The number of benzene rings is 4. The normalized spacial score (nSPS) is 11.9. The average Bonchev–Trinajstić information content (AvgIpc) is 3.26. The Hall–Kier alpha value is -3.04. The summed E-state index contributed by atoms with van der Waals surface area (Å²) < 4.78 is 8.74. The predicted octanol–water partition coefficient (Wildman–Crippen LogP) is 5.88. The fraction of sp³-hybridized carbons (Fsp3) is 0. The summed E-state index contributed by atoms with van der Waals surface area (Å²) >= 11 is 1.86. The van der Waals surface area contributed by atoms with E-state index in [2.05, 4.69) is 86.7 Å². The molecule has 0 atom stereocenters. The predicted molar refractivity (Wildman–Crippen MR) is 120 cm³/mol. The van der Waals surface area contributed by atoms with E-state index in [1.807, 2.05) is 11.3 Å². The third-order valence-electron chi connectivity index (χ3n) is 5.42. The van der Waals surface area contributed by atoms with Gasteiger partial charge in [-0.3, -0.25) is 0 Å². The Labute approximate surface area is 161 Å². The molecule has 0 unspecified atom stereocenters. The summed E-state index contributed by atoms with van der Waals surface area (Å²) in [5.74, 6) is 0. The molecule has 0 saturated heterocycles. The Bertz CT molecular complexity index is 1490. The lowest BCUT2D eigenvalue weighted by Gasteiger charge is -2.05. The Morgan fingerprint density at radius 2 is 1.52 bits per heavy atom. The lowest BCUT2D eigenvalue weighted by molar-refractivity contribution is 0.669. The van der Waals surface area contributed by atoms with Crippen LogP contribution in [0.25, 0.3) is 53.2 Å². The number of rotatable bonds is 1. The van der Waals surface area contributed by atoms with Gasteiger partial charge in [-0.1, -0.05) is 54.0 Å². The fourth-order valence-corrected chi connectivity index (χ4v) is 5.32. The van der Waals surface area contributed by atoms with Crippen LogP contribution in [0.5, 0.6) is 0 Å². The van der Waals surface area contributed by atoms with Crippen molar-refractivity contribution in [1.29, 1.82) is 0 Å². The minimum Gasteiger partial charge on any atom is -0.456 e. The van der Waals surface area contributed by atoms with Crippen molar-refractivity contribution in [3.63, 3.8) is 0 Å². The second-order valence-electron chi connectivity index (χ2n) is 7.04. The standard InChI is InChI=1S/C24H15BOS/c25-18-7-4-8-20-24(18)17-13-14(11-12-19(17)26-20)15-6-3-10-22-23(15)16-5-1-2-9-21(16)27-22/h1-13H,25H2. The van der Waals surface area contributed by atoms with Gasteiger partial charge < -0.3 is 4.42 Å². The first kappa shape index (κ1) is 15.1. The van der Waals surface area contributed by atoms with Crippen LogP contribution in [0.15, 0.2) is 83.3 Å². The highest BCUT2D eigenvalue weighted by molar-refractivity contribution is 7.25. The summed E-state index contributed by atoms with van der Waals surface area (Å²) in [5.41, 5.74) is 5.69. The van der Waals surface area contributed by atoms with E-state index in [1.165, 1.54) is 47.5 Å². The van der Waals surface area contributed by atoms with Crippen molar-refractivity contribution in [1.82, 2.24) is 0 Å². The van der Waals surface area contributed by atoms with Crippen LogP contribution in [0.1, 0.15) is 0 Å². The summed E-state index contributed by atoms with van der Waals surface area (Å²) in [7, 11) is 2.15. The minimum absolute atomic E-state index is 0.949. The highest BCUT2D eigenvalue weighted by Crippen LogP contribution is 2.41. The Balaban J connectivity index is 1.72. The third kappa shape index (κ3) is 2.12. The van der Waals surface area contributed by atoms with Gasteiger partial charge in [0.2, 0.25) is 0 Å². The molecule has 4 aromatic carbocycles. The van der Waals surface area contributed by atoms with Gasteiger partial charge in [-0.05, 0) is 41.5 Å². The van der Waals surface area contributed by atoms with Gasteiger partial charge in [-0.2, -0.15) is 0 Å². The molecule has 6 aromatic rings. The summed E-state index contributed by atoms with van der Waals surface area (Å²) in [5, 5.41) is 5.09. The molecule has 3 heteroatoms. The van der Waals surface area contributed by atoms with Crippen LogP contribution in [0.4, 0.5) is 0 Å². The van der Waals surface area contributed by atoms with Crippen LogP contribution in [0, 0.1) is 0 Å². The topological polar surface area (TPSA) is 13.1 Å². The van der Waals surface area contributed by atoms with E-state index >= 15 is 0 Å². The maximum absolute atomic E-state index is 6.07. The molecule has 0 saturated carbocycles. The molecule has 2 aromatic heterocycles. The van der Waals surface area contributed by atoms with Crippen LogP contribution in [0.2, 0.25) is 0 Å². The highest BCUT2D eigenvalue weighted by Gasteiger charge is 2.13. The van der Waals surface area contributed by atoms with Crippen LogP contribution >= 0.6 is 11.3 Å². The van der Waals surface area contributed by atoms with E-state index in [4.69, 9.17) is 4.42 Å². The molecular weight excluding hydrogens is 347 g/mol. The lowest BCUT2D eigenvalue weighted by Crippen LogP contribution is -2.01. The zero-order valence-electron chi connectivity index (χ0n) is 14.8. The van der Waals surface area contributed by atoms with E-state index in [9.17, 15) is 0 Å². The van der Waals surface area contributed by atoms with Crippen LogP contribution in [0.3, 0.4) is 0 Å². The lowest BCUT2D eigenvalue weighted by atomic mass is 9.90. The molecule has 0 spiro atoms. The summed E-state index contributed by atoms with van der Waals surface area (Å²) in [6.45, 7) is 0. The van der Waals surface area contributed by atoms with Crippen molar-refractivity contribution in [3.8, 4) is 11.1 Å². The summed E-state index contributed by atoms with van der Waals surface area (Å²) in [4.78, 5) is 0. The number of thiophene rings is 1. The zero-order chi connectivity index (χ0) is 18.0. The molecule has 1 nitrogen and oxygen atoms in total. The molecule has 27 heavy (non-hydrogen) atoms. The first-order valence-corrected chi connectivity index (χ1v) is 9.94. The Morgan fingerprint density at radius 1 is 0.667 bits per heavy atom. The highest BCUT2D eigenvalue weighted by atomic mass is 32.1. The quantitative estimate of drug-likeness (QED) is 0.333. The third-order valence-corrected chi connectivity index (χ3v) is 6.55. The number of fused-ring (bicyclic) bond motifs is 6. The number of hydrogen-bond donors (Lipinski definition) is 0. The smallest absolute Gasteiger partial charge is 0.140 e. The Kier molecular flexibility index (Phi) is 3.06. The molecule has 0 bridgehead atoms. The van der Waals surface area contributed by atoms with Crippen molar-refractivity contribution in [2.24, 2.45) is 0 Å². The van der Waals surface area contributed by atoms with E-state index in [1.54, 1.807) is 0 Å². The van der Waals surface area contributed by atoms with E-state index in [0.717, 1.165) is 11.2 Å². The SMILES string of the molecule is Bc1cccc2oc3ccc(-c4cccc5sc6ccccc6c45)cc3c12. The first-order valence-electron chi connectivity index (χ1n) is 9.12. The van der Waals surface area contributed by atoms with Crippen molar-refractivity contribution in [3.05, 3.63) is 78.9 Å². The number of hydrogen-bond acceptors (Lipinski definition) is 2. The van der Waals surface area contributed by atoms with Crippen molar-refractivity contribution in [2.75, 3.05) is 0 Å². The van der Waals surface area contributed by atoms with Crippen molar-refractivity contribution >= 4 is 66.8 Å². The van der Waals surface area contributed by atoms with Gasteiger partial charge in [0.05, 0.1) is 0 Å². The molecular formula is C24H15BOS. The molecule has 0 radical (unpaired) electrons. The minimum atomic E-state index is 0.949. The van der Waals surface area contributed by atoms with Crippen molar-refractivity contribution in [2.45, 2.75) is 0 Å². The zero-order valence-corrected chi connectivity index (χ0v) is 15.6. The van der Waals surface area contributed by atoms with Gasteiger partial charge in [0.15, 0.2) is 0 Å². The maximum atomic E-state index is 6.07. The molecule has 126 valence electrons. The van der Waals surface area contributed by atoms with Gasteiger partial charge in [0.1, 0.15) is 19.0 Å². The maximum Gasteiger partial charge on any atom is 0.140 e. The molecule has 0 amide bonds. The molecule has 6 rings (SSSR count). The monoisotopic (exact) mass is 362 g/mol. The Morgan fingerprint density at radius 3 is 2.48 bits per heavy atom. The second-order valence-corrected chi connectivity index (χ2v) is 8.12. The first-order chi connectivity index (χ1) is 13.3. The van der Waals surface area contributed by atoms with E-state index in [-0.39, 0.29) is 0 Å². The van der Waals surface area contributed by atoms with Gasteiger partial charge in [-0.15, -0.1) is 11.3 Å². The second kappa shape index (κ2) is 5.48. The van der Waals surface area contributed by atoms with Gasteiger partial charge in [0, 0.05) is 30.9 Å².